The Morgan fingerprint density at radius 2 is 2.13 bits per heavy atom. The predicted molar refractivity (Wildman–Crippen MR) is 96.0 cm³/mol. The van der Waals surface area contributed by atoms with E-state index in [4.69, 9.17) is 0 Å². The van der Waals surface area contributed by atoms with Crippen molar-refractivity contribution in [3.63, 3.8) is 0 Å². The average molecular weight is 333 g/mol. The van der Waals surface area contributed by atoms with Crippen molar-refractivity contribution in [3.8, 4) is 0 Å². The quantitative estimate of drug-likeness (QED) is 0.787. The molecule has 0 bridgehead atoms. The average Bonchev–Trinajstić information content (AvgIpc) is 2.89. The van der Waals surface area contributed by atoms with Gasteiger partial charge in [0.05, 0.1) is 5.75 Å². The van der Waals surface area contributed by atoms with Crippen LogP contribution >= 0.6 is 0 Å². The van der Waals surface area contributed by atoms with Crippen molar-refractivity contribution in [1.29, 1.82) is 0 Å². The van der Waals surface area contributed by atoms with Crippen molar-refractivity contribution < 1.29 is 8.42 Å². The highest BCUT2D eigenvalue weighted by Gasteiger charge is 2.15. The molecule has 0 atom stereocenters. The zero-order valence-corrected chi connectivity index (χ0v) is 14.3. The molecule has 0 radical (unpaired) electrons. The van der Waals surface area contributed by atoms with Gasteiger partial charge in [-0.15, -0.1) is 0 Å². The molecule has 3 rings (SSSR count). The van der Waals surface area contributed by atoms with E-state index in [-0.39, 0.29) is 11.7 Å². The molecule has 0 aliphatic carbocycles. The molecule has 1 aliphatic heterocycles. The molecule has 124 valence electrons. The number of fused-ring (bicyclic) bond motifs is 1. The van der Waals surface area contributed by atoms with E-state index in [2.05, 4.69) is 21.1 Å². The lowest BCUT2D eigenvalue weighted by Gasteiger charge is -2.14. The summed E-state index contributed by atoms with van der Waals surface area (Å²) < 4.78 is 27.0. The summed E-state index contributed by atoms with van der Waals surface area (Å²) in [6.07, 6.45) is 5.19. The smallest absolute Gasteiger partial charge is 0.232 e. The monoisotopic (exact) mass is 333 g/mol. The number of nitrogens with one attached hydrogen (secondary N) is 3. The van der Waals surface area contributed by atoms with Crippen LogP contribution in [0.2, 0.25) is 0 Å². The van der Waals surface area contributed by atoms with Gasteiger partial charge >= 0.3 is 0 Å². The molecule has 5 nitrogen and oxygen atoms in total. The summed E-state index contributed by atoms with van der Waals surface area (Å²) in [5.41, 5.74) is 4.10. The van der Waals surface area contributed by atoms with Crippen LogP contribution < -0.4 is 10.0 Å². The highest BCUT2D eigenvalue weighted by atomic mass is 32.2. The molecule has 1 aromatic carbocycles. The van der Waals surface area contributed by atoms with Crippen LogP contribution in [-0.2, 0) is 10.0 Å². The second-order valence-corrected chi connectivity index (χ2v) is 8.19. The Balaban J connectivity index is 1.93. The van der Waals surface area contributed by atoms with Gasteiger partial charge in [-0.3, -0.25) is 4.72 Å². The number of aromatic amines is 1. The first-order chi connectivity index (χ1) is 10.9. The maximum Gasteiger partial charge on any atom is 0.232 e. The van der Waals surface area contributed by atoms with Gasteiger partial charge in [-0.2, -0.15) is 0 Å². The third kappa shape index (κ3) is 3.76. The van der Waals surface area contributed by atoms with Crippen LogP contribution in [0.4, 0.5) is 5.69 Å². The van der Waals surface area contributed by atoms with E-state index in [9.17, 15) is 8.42 Å². The van der Waals surface area contributed by atoms with Gasteiger partial charge in [-0.25, -0.2) is 8.42 Å². The Labute approximate surface area is 137 Å². The maximum absolute atomic E-state index is 12.1. The molecule has 23 heavy (non-hydrogen) atoms. The third-order valence-electron chi connectivity index (χ3n) is 3.92. The summed E-state index contributed by atoms with van der Waals surface area (Å²) in [4.78, 5) is 3.27. The number of benzene rings is 1. The van der Waals surface area contributed by atoms with Gasteiger partial charge in [0, 0.05) is 34.9 Å². The number of aromatic nitrogens is 1. The molecule has 0 unspecified atom stereocenters. The fourth-order valence-corrected chi connectivity index (χ4v) is 4.42. The number of anilines is 1. The Hall–Kier alpha value is -1.79. The van der Waals surface area contributed by atoms with Gasteiger partial charge in [0.2, 0.25) is 10.0 Å². The van der Waals surface area contributed by atoms with Crippen LogP contribution in [0.5, 0.6) is 0 Å². The first-order valence-electron chi connectivity index (χ1n) is 7.96. The number of rotatable bonds is 5. The van der Waals surface area contributed by atoms with Gasteiger partial charge in [-0.05, 0) is 42.7 Å². The van der Waals surface area contributed by atoms with Crippen molar-refractivity contribution in [3.05, 3.63) is 36.0 Å². The molecule has 6 heteroatoms. The van der Waals surface area contributed by atoms with Gasteiger partial charge < -0.3 is 10.3 Å². The van der Waals surface area contributed by atoms with Gasteiger partial charge in [0.15, 0.2) is 0 Å². The summed E-state index contributed by atoms with van der Waals surface area (Å²) in [6.45, 7) is 5.65. The molecule has 3 N–H and O–H groups in total. The molecular formula is C17H23N3O2S. The van der Waals surface area contributed by atoms with Crippen molar-refractivity contribution in [2.45, 2.75) is 20.3 Å². The first kappa shape index (κ1) is 16.1. The van der Waals surface area contributed by atoms with Gasteiger partial charge in [-0.1, -0.05) is 19.9 Å². The Bertz CT molecular complexity index is 835. The lowest BCUT2D eigenvalue weighted by molar-refractivity contribution is 0.587. The molecule has 0 saturated carbocycles. The normalized spacial score (nSPS) is 15.9. The lowest BCUT2D eigenvalue weighted by Crippen LogP contribution is -2.20. The third-order valence-corrected chi connectivity index (χ3v) is 5.57. The largest absolute Gasteiger partial charge is 0.361 e. The Kier molecular flexibility index (Phi) is 4.46. The molecule has 1 aromatic heterocycles. The Morgan fingerprint density at radius 3 is 2.83 bits per heavy atom. The molecule has 0 fully saturated rings. The fourth-order valence-electron chi connectivity index (χ4n) is 2.98. The van der Waals surface area contributed by atoms with Crippen molar-refractivity contribution in [2.75, 3.05) is 23.6 Å². The Morgan fingerprint density at radius 1 is 1.30 bits per heavy atom. The van der Waals surface area contributed by atoms with Crippen LogP contribution in [0.1, 0.15) is 25.8 Å². The van der Waals surface area contributed by atoms with Gasteiger partial charge in [0.25, 0.3) is 0 Å². The summed E-state index contributed by atoms with van der Waals surface area (Å²) in [7, 11) is -3.31. The second-order valence-electron chi connectivity index (χ2n) is 6.42. The predicted octanol–water partition coefficient (Wildman–Crippen LogP) is 2.94. The molecule has 0 spiro atoms. The van der Waals surface area contributed by atoms with Crippen LogP contribution in [-0.4, -0.2) is 32.2 Å². The molecule has 1 aliphatic rings. The highest BCUT2D eigenvalue weighted by molar-refractivity contribution is 7.92. The van der Waals surface area contributed by atoms with E-state index in [1.54, 1.807) is 6.07 Å². The number of hydrogen-bond donors (Lipinski definition) is 3. The summed E-state index contributed by atoms with van der Waals surface area (Å²) in [6, 6.07) is 5.65. The molecule has 2 heterocycles. The molecule has 0 saturated heterocycles. The topological polar surface area (TPSA) is 74.0 Å². The van der Waals surface area contributed by atoms with E-state index < -0.39 is 10.0 Å². The lowest BCUT2D eigenvalue weighted by atomic mass is 9.99. The molecular weight excluding hydrogens is 310 g/mol. The molecule has 0 amide bonds. The second kappa shape index (κ2) is 6.37. The van der Waals surface area contributed by atoms with E-state index >= 15 is 0 Å². The summed E-state index contributed by atoms with van der Waals surface area (Å²) in [5.74, 6) is 0.223. The van der Waals surface area contributed by atoms with E-state index in [0.717, 1.165) is 36.0 Å². The van der Waals surface area contributed by atoms with Crippen LogP contribution in [0.25, 0.3) is 16.5 Å². The van der Waals surface area contributed by atoms with Crippen molar-refractivity contribution >= 4 is 32.2 Å². The van der Waals surface area contributed by atoms with E-state index in [1.807, 2.05) is 32.2 Å². The zero-order valence-electron chi connectivity index (χ0n) is 13.5. The minimum Gasteiger partial charge on any atom is -0.361 e. The summed E-state index contributed by atoms with van der Waals surface area (Å²) in [5, 5.41) is 4.37. The van der Waals surface area contributed by atoms with E-state index in [1.165, 1.54) is 5.57 Å². The standard InChI is InChI=1S/C17H23N3O2S/c1-12(2)11-23(21,22)20-14-3-4-17-15(9-14)16(10-19-17)13-5-7-18-8-6-13/h3-5,9-10,12,18-20H,6-8,11H2,1-2H3. The van der Waals surface area contributed by atoms with E-state index in [0.29, 0.717) is 5.69 Å². The maximum atomic E-state index is 12.1. The SMILES string of the molecule is CC(C)CS(=O)(=O)Nc1ccc2[nH]cc(C3=CCNCC3)c2c1. The number of hydrogen-bond acceptors (Lipinski definition) is 3. The number of H-pyrrole nitrogens is 1. The van der Waals surface area contributed by atoms with Crippen LogP contribution in [0.3, 0.4) is 0 Å². The highest BCUT2D eigenvalue weighted by Crippen LogP contribution is 2.30. The van der Waals surface area contributed by atoms with Crippen molar-refractivity contribution in [1.82, 2.24) is 10.3 Å². The van der Waals surface area contributed by atoms with Crippen LogP contribution in [0.15, 0.2) is 30.5 Å². The first-order valence-corrected chi connectivity index (χ1v) is 9.61. The minimum atomic E-state index is -3.31. The fraction of sp³-hybridized carbons (Fsp3) is 0.412. The van der Waals surface area contributed by atoms with Crippen molar-refractivity contribution in [2.24, 2.45) is 5.92 Å². The number of sulfonamides is 1. The zero-order chi connectivity index (χ0) is 16.4. The van der Waals surface area contributed by atoms with Gasteiger partial charge in [0.1, 0.15) is 0 Å². The van der Waals surface area contributed by atoms with Crippen LogP contribution in [0, 0.1) is 5.92 Å². The molecule has 2 aromatic rings. The minimum absolute atomic E-state index is 0.0962. The summed E-state index contributed by atoms with van der Waals surface area (Å²) >= 11 is 0.